The molecule has 1 unspecified atom stereocenters. The summed E-state index contributed by atoms with van der Waals surface area (Å²) in [6, 6.07) is 7.16. The summed E-state index contributed by atoms with van der Waals surface area (Å²) in [6.45, 7) is 5.55. The van der Waals surface area contributed by atoms with Crippen LogP contribution in [-0.4, -0.2) is 25.7 Å². The Morgan fingerprint density at radius 3 is 3.12 bits per heavy atom. The van der Waals surface area contributed by atoms with Gasteiger partial charge in [-0.25, -0.2) is 0 Å². The normalized spacial score (nSPS) is 20.6. The van der Waals surface area contributed by atoms with Crippen LogP contribution < -0.4 is 10.2 Å². The highest BCUT2D eigenvalue weighted by molar-refractivity contribution is 14.1. The van der Waals surface area contributed by atoms with Gasteiger partial charge in [0.25, 0.3) is 0 Å². The molecule has 1 atom stereocenters. The average molecular weight is 409 g/mol. The molecule has 2 nitrogen and oxygen atoms in total. The largest absolute Gasteiger partial charge is 0.369 e. The number of halogens is 2. The monoisotopic (exact) mass is 408 g/mol. The van der Waals surface area contributed by atoms with Crippen molar-refractivity contribution in [3.05, 3.63) is 26.2 Å². The minimum absolute atomic E-state index is 0.642. The van der Waals surface area contributed by atoms with E-state index in [0.717, 1.165) is 13.1 Å². The lowest BCUT2D eigenvalue weighted by atomic mass is 10.0. The van der Waals surface area contributed by atoms with Crippen molar-refractivity contribution in [2.24, 2.45) is 0 Å². The highest BCUT2D eigenvalue weighted by atomic mass is 127. The van der Waals surface area contributed by atoms with Crippen LogP contribution in [0.5, 0.6) is 0 Å². The lowest BCUT2D eigenvalue weighted by Gasteiger charge is -2.35. The molecule has 1 saturated heterocycles. The number of hydrogen-bond donors (Lipinski definition) is 1. The first-order valence-corrected chi connectivity index (χ1v) is 8.01. The second-order valence-corrected chi connectivity index (χ2v) is 6.52. The van der Waals surface area contributed by atoms with Gasteiger partial charge >= 0.3 is 0 Å². The maximum Gasteiger partial charge on any atom is 0.0513 e. The fraction of sp³-hybridized carbons (Fsp3) is 0.538. The standard InChI is InChI=1S/C13H18BrIN2/c1-2-16-11-4-3-7-17(9-11)13-8-10(14)5-6-12(13)15/h5-6,8,11,16H,2-4,7,9H2,1H3. The lowest BCUT2D eigenvalue weighted by molar-refractivity contribution is 0.431. The molecule has 1 N–H and O–H groups in total. The van der Waals surface area contributed by atoms with Crippen molar-refractivity contribution in [3.63, 3.8) is 0 Å². The van der Waals surface area contributed by atoms with E-state index < -0.39 is 0 Å². The second kappa shape index (κ2) is 6.38. The van der Waals surface area contributed by atoms with Gasteiger partial charge in [-0.1, -0.05) is 22.9 Å². The Morgan fingerprint density at radius 2 is 2.35 bits per heavy atom. The average Bonchev–Trinajstić information content (AvgIpc) is 2.33. The third-order valence-electron chi connectivity index (χ3n) is 3.16. The number of rotatable bonds is 3. The minimum atomic E-state index is 0.642. The van der Waals surface area contributed by atoms with E-state index >= 15 is 0 Å². The highest BCUT2D eigenvalue weighted by Gasteiger charge is 2.20. The number of likely N-dealkylation sites (N-methyl/N-ethyl adjacent to an activating group) is 1. The fourth-order valence-electron chi connectivity index (χ4n) is 2.38. The van der Waals surface area contributed by atoms with Crippen molar-refractivity contribution < 1.29 is 0 Å². The second-order valence-electron chi connectivity index (χ2n) is 4.44. The first-order chi connectivity index (χ1) is 8.20. The quantitative estimate of drug-likeness (QED) is 0.768. The summed E-state index contributed by atoms with van der Waals surface area (Å²) in [4.78, 5) is 2.50. The molecule has 0 amide bonds. The number of nitrogens with zero attached hydrogens (tertiary/aromatic N) is 1. The van der Waals surface area contributed by atoms with Gasteiger partial charge in [0.2, 0.25) is 0 Å². The van der Waals surface area contributed by atoms with Gasteiger partial charge in [-0.05, 0) is 60.2 Å². The third-order valence-corrected chi connectivity index (χ3v) is 4.57. The Morgan fingerprint density at radius 1 is 1.53 bits per heavy atom. The minimum Gasteiger partial charge on any atom is -0.369 e. The molecular weight excluding hydrogens is 391 g/mol. The molecule has 0 aliphatic carbocycles. The Hall–Kier alpha value is 0.190. The van der Waals surface area contributed by atoms with Crippen LogP contribution in [0.2, 0.25) is 0 Å². The van der Waals surface area contributed by atoms with E-state index in [4.69, 9.17) is 0 Å². The zero-order valence-electron chi connectivity index (χ0n) is 10.0. The summed E-state index contributed by atoms with van der Waals surface area (Å²) in [5.74, 6) is 0. The summed E-state index contributed by atoms with van der Waals surface area (Å²) < 4.78 is 2.50. The summed E-state index contributed by atoms with van der Waals surface area (Å²) in [5.41, 5.74) is 1.36. The van der Waals surface area contributed by atoms with Crippen LogP contribution in [0, 0.1) is 3.57 Å². The highest BCUT2D eigenvalue weighted by Crippen LogP contribution is 2.28. The van der Waals surface area contributed by atoms with Gasteiger partial charge in [-0.3, -0.25) is 0 Å². The van der Waals surface area contributed by atoms with Crippen molar-refractivity contribution in [3.8, 4) is 0 Å². The van der Waals surface area contributed by atoms with Gasteiger partial charge in [0.05, 0.1) is 5.69 Å². The number of piperidine rings is 1. The molecule has 1 aromatic rings. The Balaban J connectivity index is 2.13. The van der Waals surface area contributed by atoms with Crippen LogP contribution in [0.1, 0.15) is 19.8 Å². The first kappa shape index (κ1) is 13.6. The van der Waals surface area contributed by atoms with Crippen LogP contribution in [0.15, 0.2) is 22.7 Å². The fourth-order valence-corrected chi connectivity index (χ4v) is 3.41. The van der Waals surface area contributed by atoms with E-state index in [1.54, 1.807) is 0 Å². The smallest absolute Gasteiger partial charge is 0.0513 e. The predicted molar refractivity (Wildman–Crippen MR) is 85.8 cm³/mol. The molecule has 1 aliphatic rings. The Labute approximate surface area is 125 Å². The molecule has 0 aromatic heterocycles. The van der Waals surface area contributed by atoms with Crippen molar-refractivity contribution in [2.75, 3.05) is 24.5 Å². The molecule has 0 saturated carbocycles. The molecule has 94 valence electrons. The zero-order valence-corrected chi connectivity index (χ0v) is 13.8. The Bertz CT molecular complexity index is 382. The number of anilines is 1. The van der Waals surface area contributed by atoms with Crippen LogP contribution in [0.25, 0.3) is 0 Å². The van der Waals surface area contributed by atoms with E-state index in [2.05, 4.69) is 73.9 Å². The van der Waals surface area contributed by atoms with Crippen LogP contribution in [-0.2, 0) is 0 Å². The van der Waals surface area contributed by atoms with Gasteiger partial charge in [-0.2, -0.15) is 0 Å². The summed E-state index contributed by atoms with van der Waals surface area (Å²) >= 11 is 5.99. The van der Waals surface area contributed by atoms with Crippen molar-refractivity contribution in [1.82, 2.24) is 5.32 Å². The molecule has 1 fully saturated rings. The van der Waals surface area contributed by atoms with Gasteiger partial charge in [-0.15, -0.1) is 0 Å². The molecule has 4 heteroatoms. The van der Waals surface area contributed by atoms with Crippen LogP contribution >= 0.6 is 38.5 Å². The molecule has 2 rings (SSSR count). The zero-order chi connectivity index (χ0) is 12.3. The predicted octanol–water partition coefficient (Wildman–Crippen LogP) is 3.63. The number of benzene rings is 1. The molecule has 17 heavy (non-hydrogen) atoms. The van der Waals surface area contributed by atoms with E-state index in [1.165, 1.54) is 33.1 Å². The summed E-state index contributed by atoms with van der Waals surface area (Å²) in [6.07, 6.45) is 2.58. The van der Waals surface area contributed by atoms with E-state index in [0.29, 0.717) is 6.04 Å². The SMILES string of the molecule is CCNC1CCCN(c2cc(Br)ccc2I)C1. The van der Waals surface area contributed by atoms with Crippen LogP contribution in [0.4, 0.5) is 5.69 Å². The summed E-state index contributed by atoms with van der Waals surface area (Å²) in [5, 5.41) is 3.56. The number of nitrogens with one attached hydrogen (secondary N) is 1. The maximum absolute atomic E-state index is 3.56. The van der Waals surface area contributed by atoms with Gasteiger partial charge in [0.15, 0.2) is 0 Å². The molecule has 1 aliphatic heterocycles. The first-order valence-electron chi connectivity index (χ1n) is 6.14. The molecule has 0 bridgehead atoms. The van der Waals surface area contributed by atoms with Crippen molar-refractivity contribution in [1.29, 1.82) is 0 Å². The van der Waals surface area contributed by atoms with Crippen LogP contribution in [0.3, 0.4) is 0 Å². The lowest BCUT2D eigenvalue weighted by Crippen LogP contribution is -2.45. The van der Waals surface area contributed by atoms with Gasteiger partial charge in [0.1, 0.15) is 0 Å². The molecule has 0 radical (unpaired) electrons. The summed E-state index contributed by atoms with van der Waals surface area (Å²) in [7, 11) is 0. The maximum atomic E-state index is 3.56. The topological polar surface area (TPSA) is 15.3 Å². The third kappa shape index (κ3) is 3.58. The van der Waals surface area contributed by atoms with E-state index in [1.807, 2.05) is 0 Å². The molecule has 1 aromatic carbocycles. The van der Waals surface area contributed by atoms with Gasteiger partial charge < -0.3 is 10.2 Å². The Kier molecular flexibility index (Phi) is 5.11. The van der Waals surface area contributed by atoms with Crippen molar-refractivity contribution >= 4 is 44.2 Å². The molecule has 0 spiro atoms. The van der Waals surface area contributed by atoms with Crippen molar-refractivity contribution in [2.45, 2.75) is 25.8 Å². The molecular formula is C13H18BrIN2. The van der Waals surface area contributed by atoms with Gasteiger partial charge in [0, 0.05) is 27.2 Å². The van der Waals surface area contributed by atoms with E-state index in [9.17, 15) is 0 Å². The molecule has 1 heterocycles. The van der Waals surface area contributed by atoms with E-state index in [-0.39, 0.29) is 0 Å². The number of hydrogen-bond acceptors (Lipinski definition) is 2.